The van der Waals surface area contributed by atoms with Crippen LogP contribution in [0.4, 0.5) is 0 Å². The van der Waals surface area contributed by atoms with Crippen molar-refractivity contribution in [3.63, 3.8) is 0 Å². The van der Waals surface area contributed by atoms with Crippen LogP contribution in [0.2, 0.25) is 0 Å². The van der Waals surface area contributed by atoms with Crippen LogP contribution >= 0.6 is 0 Å². The lowest BCUT2D eigenvalue weighted by Crippen LogP contribution is -2.45. The van der Waals surface area contributed by atoms with Gasteiger partial charge in [-0.05, 0) is 37.9 Å². The molecular formula is C13H23N3O3S. The SMILES string of the molecule is CCNCC1CCN(S(=O)(=O)NCc2ccoc2)CC1. The molecule has 6 nitrogen and oxygen atoms in total. The van der Waals surface area contributed by atoms with E-state index in [2.05, 4.69) is 17.0 Å². The maximum atomic E-state index is 12.2. The lowest BCUT2D eigenvalue weighted by atomic mass is 9.98. The molecule has 1 aliphatic rings. The van der Waals surface area contributed by atoms with Gasteiger partial charge in [0, 0.05) is 25.2 Å². The second-order valence-corrected chi connectivity index (χ2v) is 6.86. The molecule has 2 heterocycles. The van der Waals surface area contributed by atoms with Crippen molar-refractivity contribution >= 4 is 10.2 Å². The van der Waals surface area contributed by atoms with Gasteiger partial charge in [0.1, 0.15) is 0 Å². The third-order valence-corrected chi connectivity index (χ3v) is 5.19. The van der Waals surface area contributed by atoms with Crippen molar-refractivity contribution in [3.8, 4) is 0 Å². The minimum Gasteiger partial charge on any atom is -0.472 e. The lowest BCUT2D eigenvalue weighted by molar-refractivity contribution is 0.266. The second-order valence-electron chi connectivity index (χ2n) is 5.11. The van der Waals surface area contributed by atoms with Gasteiger partial charge in [-0.15, -0.1) is 0 Å². The number of nitrogens with one attached hydrogen (secondary N) is 2. The van der Waals surface area contributed by atoms with Crippen molar-refractivity contribution in [2.75, 3.05) is 26.2 Å². The Bertz CT molecular complexity index is 479. The molecule has 0 spiro atoms. The van der Waals surface area contributed by atoms with Crippen molar-refractivity contribution in [2.24, 2.45) is 5.92 Å². The highest BCUT2D eigenvalue weighted by atomic mass is 32.2. The van der Waals surface area contributed by atoms with Crippen LogP contribution in [0.25, 0.3) is 0 Å². The van der Waals surface area contributed by atoms with E-state index in [0.29, 0.717) is 19.0 Å². The number of piperidine rings is 1. The molecule has 0 radical (unpaired) electrons. The van der Waals surface area contributed by atoms with Gasteiger partial charge in [0.05, 0.1) is 12.5 Å². The van der Waals surface area contributed by atoms with Gasteiger partial charge >= 0.3 is 0 Å². The number of hydrogen-bond donors (Lipinski definition) is 2. The topological polar surface area (TPSA) is 74.6 Å². The molecule has 7 heteroatoms. The Labute approximate surface area is 120 Å². The number of rotatable bonds is 7. The molecule has 0 amide bonds. The minimum atomic E-state index is -3.38. The summed E-state index contributed by atoms with van der Waals surface area (Å²) in [7, 11) is -3.38. The number of nitrogens with zero attached hydrogens (tertiary/aromatic N) is 1. The van der Waals surface area contributed by atoms with Gasteiger partial charge < -0.3 is 9.73 Å². The quantitative estimate of drug-likeness (QED) is 0.786. The molecule has 0 aromatic carbocycles. The highest BCUT2D eigenvalue weighted by Crippen LogP contribution is 2.18. The Morgan fingerprint density at radius 3 is 2.75 bits per heavy atom. The van der Waals surface area contributed by atoms with E-state index in [1.165, 1.54) is 10.6 Å². The molecule has 1 aromatic rings. The first kappa shape index (κ1) is 15.5. The molecule has 0 aliphatic carbocycles. The molecule has 0 unspecified atom stereocenters. The van der Waals surface area contributed by atoms with E-state index in [1.54, 1.807) is 12.3 Å². The normalized spacial score (nSPS) is 18.4. The molecule has 1 aliphatic heterocycles. The van der Waals surface area contributed by atoms with Crippen molar-refractivity contribution < 1.29 is 12.8 Å². The summed E-state index contributed by atoms with van der Waals surface area (Å²) in [6.07, 6.45) is 4.92. The van der Waals surface area contributed by atoms with Crippen molar-refractivity contribution in [2.45, 2.75) is 26.3 Å². The van der Waals surface area contributed by atoms with Gasteiger partial charge in [-0.25, -0.2) is 0 Å². The summed E-state index contributed by atoms with van der Waals surface area (Å²) in [5.41, 5.74) is 0.829. The summed E-state index contributed by atoms with van der Waals surface area (Å²) < 4.78 is 33.4. The fraction of sp³-hybridized carbons (Fsp3) is 0.692. The summed E-state index contributed by atoms with van der Waals surface area (Å²) in [4.78, 5) is 0. The van der Waals surface area contributed by atoms with Gasteiger partial charge in [-0.3, -0.25) is 0 Å². The maximum Gasteiger partial charge on any atom is 0.279 e. The van der Waals surface area contributed by atoms with Gasteiger partial charge in [0.15, 0.2) is 0 Å². The zero-order valence-electron chi connectivity index (χ0n) is 11.8. The van der Waals surface area contributed by atoms with Gasteiger partial charge in [-0.1, -0.05) is 6.92 Å². The molecule has 0 saturated carbocycles. The Balaban J connectivity index is 1.79. The third-order valence-electron chi connectivity index (χ3n) is 3.64. The number of furan rings is 1. The van der Waals surface area contributed by atoms with E-state index in [-0.39, 0.29) is 6.54 Å². The monoisotopic (exact) mass is 301 g/mol. The Kier molecular flexibility index (Phi) is 5.59. The fourth-order valence-electron chi connectivity index (χ4n) is 2.36. The first-order valence-electron chi connectivity index (χ1n) is 7.08. The highest BCUT2D eigenvalue weighted by molar-refractivity contribution is 7.87. The van der Waals surface area contributed by atoms with Crippen LogP contribution in [0, 0.1) is 5.92 Å². The van der Waals surface area contributed by atoms with Crippen LogP contribution in [-0.4, -0.2) is 38.9 Å². The summed E-state index contributed by atoms with van der Waals surface area (Å²) in [6.45, 7) is 5.49. The molecule has 1 saturated heterocycles. The van der Waals surface area contributed by atoms with Crippen LogP contribution in [0.1, 0.15) is 25.3 Å². The Hall–Kier alpha value is -0.890. The summed E-state index contributed by atoms with van der Waals surface area (Å²) >= 11 is 0. The van der Waals surface area contributed by atoms with Crippen molar-refractivity contribution in [1.82, 2.24) is 14.3 Å². The Morgan fingerprint density at radius 2 is 2.15 bits per heavy atom. The molecule has 1 fully saturated rings. The smallest absolute Gasteiger partial charge is 0.279 e. The van der Waals surface area contributed by atoms with Crippen LogP contribution in [0.15, 0.2) is 23.0 Å². The summed E-state index contributed by atoms with van der Waals surface area (Å²) in [6, 6.07) is 1.76. The zero-order chi connectivity index (χ0) is 14.4. The second kappa shape index (κ2) is 7.21. The van der Waals surface area contributed by atoms with Gasteiger partial charge in [0.25, 0.3) is 10.2 Å². The first-order chi connectivity index (χ1) is 9.62. The predicted octanol–water partition coefficient (Wildman–Crippen LogP) is 0.935. The van der Waals surface area contributed by atoms with E-state index in [1.807, 2.05) is 0 Å². The predicted molar refractivity (Wildman–Crippen MR) is 77.3 cm³/mol. The van der Waals surface area contributed by atoms with Crippen molar-refractivity contribution in [3.05, 3.63) is 24.2 Å². The van der Waals surface area contributed by atoms with E-state index in [9.17, 15) is 8.42 Å². The van der Waals surface area contributed by atoms with Crippen LogP contribution in [0.3, 0.4) is 0 Å². The highest BCUT2D eigenvalue weighted by Gasteiger charge is 2.27. The first-order valence-corrected chi connectivity index (χ1v) is 8.52. The van der Waals surface area contributed by atoms with Crippen LogP contribution < -0.4 is 10.0 Å². The van der Waals surface area contributed by atoms with E-state index in [4.69, 9.17) is 4.42 Å². The maximum absolute atomic E-state index is 12.2. The number of hydrogen-bond acceptors (Lipinski definition) is 4. The zero-order valence-corrected chi connectivity index (χ0v) is 12.7. The molecule has 114 valence electrons. The summed E-state index contributed by atoms with van der Waals surface area (Å²) in [5.74, 6) is 0.579. The molecule has 0 bridgehead atoms. The molecule has 1 aromatic heterocycles. The van der Waals surface area contributed by atoms with Crippen molar-refractivity contribution in [1.29, 1.82) is 0 Å². The minimum absolute atomic E-state index is 0.274. The molecule has 2 N–H and O–H groups in total. The average molecular weight is 301 g/mol. The molecule has 2 rings (SSSR count). The third kappa shape index (κ3) is 4.31. The summed E-state index contributed by atoms with van der Waals surface area (Å²) in [5, 5.41) is 3.32. The largest absolute Gasteiger partial charge is 0.472 e. The molecule has 20 heavy (non-hydrogen) atoms. The van der Waals surface area contributed by atoms with Crippen LogP contribution in [0.5, 0.6) is 0 Å². The molecular weight excluding hydrogens is 278 g/mol. The van der Waals surface area contributed by atoms with Gasteiger partial charge in [-0.2, -0.15) is 17.4 Å². The van der Waals surface area contributed by atoms with Crippen LogP contribution in [-0.2, 0) is 16.8 Å². The standard InChI is InChI=1S/C13H23N3O3S/c1-2-14-9-12-3-6-16(7-4-12)20(17,18)15-10-13-5-8-19-11-13/h5,8,11-12,14-15H,2-4,6-7,9-10H2,1H3. The fourth-order valence-corrected chi connectivity index (χ4v) is 3.58. The Morgan fingerprint density at radius 1 is 1.40 bits per heavy atom. The van der Waals surface area contributed by atoms with E-state index < -0.39 is 10.2 Å². The average Bonchev–Trinajstić information content (AvgIpc) is 2.97. The van der Waals surface area contributed by atoms with Gasteiger partial charge in [0.2, 0.25) is 0 Å². The molecule has 0 atom stereocenters. The van der Waals surface area contributed by atoms with E-state index in [0.717, 1.165) is 31.5 Å². The van der Waals surface area contributed by atoms with E-state index >= 15 is 0 Å². The lowest BCUT2D eigenvalue weighted by Gasteiger charge is -2.31.